The summed E-state index contributed by atoms with van der Waals surface area (Å²) in [5, 5.41) is 11.6. The number of aromatic nitrogens is 1. The van der Waals surface area contributed by atoms with Crippen LogP contribution in [0.2, 0.25) is 0 Å². The van der Waals surface area contributed by atoms with Gasteiger partial charge in [0.1, 0.15) is 5.69 Å². The zero-order valence-corrected chi connectivity index (χ0v) is 8.90. The molecule has 1 aromatic heterocycles. The van der Waals surface area contributed by atoms with Gasteiger partial charge in [0.2, 0.25) is 0 Å². The molecule has 1 rings (SSSR count). The fraction of sp³-hybridized carbons (Fsp3) is 0.400. The Morgan fingerprint density at radius 1 is 1.60 bits per heavy atom. The average molecular weight is 209 g/mol. The lowest BCUT2D eigenvalue weighted by Crippen LogP contribution is -2.30. The molecule has 1 aromatic rings. The third-order valence-corrected chi connectivity index (χ3v) is 2.05. The molecule has 0 aliphatic rings. The Morgan fingerprint density at radius 2 is 2.33 bits per heavy atom. The van der Waals surface area contributed by atoms with E-state index in [4.69, 9.17) is 5.11 Å². The fourth-order valence-corrected chi connectivity index (χ4v) is 1.12. The standard InChI is InChI=1S/C10H15N3O2/c1-11-8-3-4-9(12-7-8)10(15)13(2)5-6-14/h3-4,7,11,14H,5-6H2,1-2H3. The van der Waals surface area contributed by atoms with Crippen LogP contribution in [-0.2, 0) is 0 Å². The second-order valence-corrected chi connectivity index (χ2v) is 3.13. The minimum Gasteiger partial charge on any atom is -0.395 e. The monoisotopic (exact) mass is 209 g/mol. The first-order valence-electron chi connectivity index (χ1n) is 4.69. The second kappa shape index (κ2) is 5.31. The molecule has 0 fully saturated rings. The maximum Gasteiger partial charge on any atom is 0.272 e. The van der Waals surface area contributed by atoms with Crippen molar-refractivity contribution in [3.05, 3.63) is 24.0 Å². The van der Waals surface area contributed by atoms with E-state index in [0.29, 0.717) is 12.2 Å². The third-order valence-electron chi connectivity index (χ3n) is 2.05. The maximum atomic E-state index is 11.7. The van der Waals surface area contributed by atoms with Crippen LogP contribution in [-0.4, -0.2) is 48.1 Å². The second-order valence-electron chi connectivity index (χ2n) is 3.13. The fourth-order valence-electron chi connectivity index (χ4n) is 1.12. The molecule has 5 heteroatoms. The van der Waals surface area contributed by atoms with Crippen LogP contribution in [0, 0.1) is 0 Å². The van der Waals surface area contributed by atoms with E-state index in [1.54, 1.807) is 32.4 Å². The number of carbonyl (C=O) groups is 1. The van der Waals surface area contributed by atoms with Crippen LogP contribution in [0.25, 0.3) is 0 Å². The number of rotatable bonds is 4. The number of carbonyl (C=O) groups excluding carboxylic acids is 1. The highest BCUT2D eigenvalue weighted by Crippen LogP contribution is 2.06. The van der Waals surface area contributed by atoms with Gasteiger partial charge < -0.3 is 15.3 Å². The van der Waals surface area contributed by atoms with Crippen LogP contribution in [0.4, 0.5) is 5.69 Å². The molecular weight excluding hydrogens is 194 g/mol. The molecule has 0 saturated heterocycles. The van der Waals surface area contributed by atoms with Gasteiger partial charge in [0.25, 0.3) is 5.91 Å². The van der Waals surface area contributed by atoms with Gasteiger partial charge in [-0.25, -0.2) is 4.98 Å². The highest BCUT2D eigenvalue weighted by molar-refractivity contribution is 5.92. The number of likely N-dealkylation sites (N-methyl/N-ethyl adjacent to an activating group) is 1. The van der Waals surface area contributed by atoms with Crippen molar-refractivity contribution in [3.8, 4) is 0 Å². The average Bonchev–Trinajstić information content (AvgIpc) is 2.28. The van der Waals surface area contributed by atoms with Crippen molar-refractivity contribution in [2.24, 2.45) is 0 Å². The van der Waals surface area contributed by atoms with Gasteiger partial charge in [-0.3, -0.25) is 4.79 Å². The third kappa shape index (κ3) is 2.92. The summed E-state index contributed by atoms with van der Waals surface area (Å²) in [7, 11) is 3.42. The van der Waals surface area contributed by atoms with E-state index in [1.807, 2.05) is 0 Å². The van der Waals surface area contributed by atoms with Crippen LogP contribution in [0.15, 0.2) is 18.3 Å². The molecule has 1 heterocycles. The number of anilines is 1. The molecule has 0 bridgehead atoms. The first-order valence-corrected chi connectivity index (χ1v) is 4.69. The number of hydrogen-bond acceptors (Lipinski definition) is 4. The van der Waals surface area contributed by atoms with Crippen LogP contribution in [0.1, 0.15) is 10.5 Å². The van der Waals surface area contributed by atoms with E-state index in [0.717, 1.165) is 5.69 Å². The van der Waals surface area contributed by atoms with Crippen LogP contribution < -0.4 is 5.32 Å². The largest absolute Gasteiger partial charge is 0.395 e. The summed E-state index contributed by atoms with van der Waals surface area (Å²) in [6.07, 6.45) is 1.60. The number of nitrogens with one attached hydrogen (secondary N) is 1. The van der Waals surface area contributed by atoms with Gasteiger partial charge in [-0.05, 0) is 12.1 Å². The maximum absolute atomic E-state index is 11.7. The molecule has 0 aromatic carbocycles. The molecular formula is C10H15N3O2. The predicted molar refractivity (Wildman–Crippen MR) is 57.8 cm³/mol. The Morgan fingerprint density at radius 3 is 2.80 bits per heavy atom. The van der Waals surface area contributed by atoms with Crippen molar-refractivity contribution >= 4 is 11.6 Å². The number of pyridine rings is 1. The highest BCUT2D eigenvalue weighted by atomic mass is 16.3. The number of amides is 1. The molecule has 0 spiro atoms. The van der Waals surface area contributed by atoms with Gasteiger partial charge in [0.15, 0.2) is 0 Å². The summed E-state index contributed by atoms with van der Waals surface area (Å²) >= 11 is 0. The molecule has 0 atom stereocenters. The zero-order valence-electron chi connectivity index (χ0n) is 8.90. The molecule has 0 unspecified atom stereocenters. The Kier molecular flexibility index (Phi) is 4.05. The SMILES string of the molecule is CNc1ccc(C(=O)N(C)CCO)nc1. The molecule has 1 amide bonds. The molecule has 0 saturated carbocycles. The molecule has 2 N–H and O–H groups in total. The Labute approximate surface area is 88.7 Å². The molecule has 5 nitrogen and oxygen atoms in total. The van der Waals surface area contributed by atoms with Gasteiger partial charge in [-0.2, -0.15) is 0 Å². The first-order chi connectivity index (χ1) is 7.19. The van der Waals surface area contributed by atoms with Gasteiger partial charge >= 0.3 is 0 Å². The Bertz CT molecular complexity index is 324. The van der Waals surface area contributed by atoms with Crippen LogP contribution in [0.3, 0.4) is 0 Å². The minimum atomic E-state index is -0.188. The number of aliphatic hydroxyl groups is 1. The van der Waals surface area contributed by atoms with Crippen molar-refractivity contribution < 1.29 is 9.90 Å². The van der Waals surface area contributed by atoms with Crippen molar-refractivity contribution in [2.45, 2.75) is 0 Å². The normalized spacial score (nSPS) is 9.80. The van der Waals surface area contributed by atoms with E-state index in [9.17, 15) is 4.79 Å². The topological polar surface area (TPSA) is 65.5 Å². The van der Waals surface area contributed by atoms with E-state index in [1.165, 1.54) is 4.90 Å². The summed E-state index contributed by atoms with van der Waals surface area (Å²) in [5.74, 6) is -0.188. The van der Waals surface area contributed by atoms with E-state index in [2.05, 4.69) is 10.3 Å². The summed E-state index contributed by atoms with van der Waals surface area (Å²) < 4.78 is 0. The Hall–Kier alpha value is -1.62. The molecule has 82 valence electrons. The van der Waals surface area contributed by atoms with Gasteiger partial charge in [-0.15, -0.1) is 0 Å². The Balaban J connectivity index is 2.73. The lowest BCUT2D eigenvalue weighted by molar-refractivity contribution is 0.0761. The summed E-state index contributed by atoms with van der Waals surface area (Å²) in [6.45, 7) is 0.269. The molecule has 0 aliphatic carbocycles. The smallest absolute Gasteiger partial charge is 0.272 e. The predicted octanol–water partition coefficient (Wildman–Crippen LogP) is 0.188. The van der Waals surface area contributed by atoms with Crippen molar-refractivity contribution in [1.82, 2.24) is 9.88 Å². The van der Waals surface area contributed by atoms with E-state index >= 15 is 0 Å². The minimum absolute atomic E-state index is 0.0448. The van der Waals surface area contributed by atoms with Gasteiger partial charge in [0.05, 0.1) is 18.5 Å². The lowest BCUT2D eigenvalue weighted by Gasteiger charge is -2.14. The van der Waals surface area contributed by atoms with Crippen LogP contribution >= 0.6 is 0 Å². The van der Waals surface area contributed by atoms with Crippen molar-refractivity contribution in [3.63, 3.8) is 0 Å². The molecule has 0 radical (unpaired) electrons. The molecule has 15 heavy (non-hydrogen) atoms. The zero-order chi connectivity index (χ0) is 11.3. The summed E-state index contributed by atoms with van der Waals surface area (Å²) in [6, 6.07) is 3.44. The lowest BCUT2D eigenvalue weighted by atomic mass is 10.3. The van der Waals surface area contributed by atoms with Crippen molar-refractivity contribution in [1.29, 1.82) is 0 Å². The number of hydrogen-bond donors (Lipinski definition) is 2. The van der Waals surface area contributed by atoms with Gasteiger partial charge in [-0.1, -0.05) is 0 Å². The van der Waals surface area contributed by atoms with Gasteiger partial charge in [0, 0.05) is 20.6 Å². The summed E-state index contributed by atoms with van der Waals surface area (Å²) in [5.41, 5.74) is 1.24. The summed E-state index contributed by atoms with van der Waals surface area (Å²) in [4.78, 5) is 17.1. The first kappa shape index (κ1) is 11.5. The van der Waals surface area contributed by atoms with E-state index in [-0.39, 0.29) is 12.5 Å². The number of aliphatic hydroxyl groups excluding tert-OH is 1. The van der Waals surface area contributed by atoms with Crippen LogP contribution in [0.5, 0.6) is 0 Å². The van der Waals surface area contributed by atoms with E-state index < -0.39 is 0 Å². The number of nitrogens with zero attached hydrogens (tertiary/aromatic N) is 2. The highest BCUT2D eigenvalue weighted by Gasteiger charge is 2.11. The quantitative estimate of drug-likeness (QED) is 0.742. The molecule has 0 aliphatic heterocycles. The van der Waals surface area contributed by atoms with Crippen molar-refractivity contribution in [2.75, 3.05) is 32.6 Å².